The molecule has 24 rings (SSSR count). The second-order valence-electron chi connectivity index (χ2n) is 36.7. The lowest BCUT2D eigenvalue weighted by atomic mass is 9.80. The van der Waals surface area contributed by atoms with E-state index < -0.39 is 70.5 Å². The Kier molecular flexibility index (Phi) is 21.4. The summed E-state index contributed by atoms with van der Waals surface area (Å²) in [6, 6.07) is 46.3. The molecule has 12 aromatic heterocycles. The van der Waals surface area contributed by atoms with E-state index in [0.717, 1.165) is 136 Å². The number of pyridine rings is 5. The summed E-state index contributed by atoms with van der Waals surface area (Å²) in [5.74, 6) is 1.85. The van der Waals surface area contributed by atoms with Crippen molar-refractivity contribution in [3.8, 4) is 0 Å². The number of aromatic nitrogens is 15. The molecule has 8 aliphatic rings. The molecule has 4 saturated carbocycles. The van der Waals surface area contributed by atoms with Crippen LogP contribution >= 0.6 is 31.9 Å². The molecule has 129 heavy (non-hydrogen) atoms. The average Bonchev–Trinajstić information content (AvgIpc) is 1.59. The predicted molar refractivity (Wildman–Crippen MR) is 492 cm³/mol. The van der Waals surface area contributed by atoms with E-state index >= 15 is 0 Å². The van der Waals surface area contributed by atoms with Gasteiger partial charge in [0.15, 0.2) is 0 Å². The van der Waals surface area contributed by atoms with Gasteiger partial charge in [0.05, 0.1) is 148 Å². The molecule has 4 aromatic carbocycles. The van der Waals surface area contributed by atoms with Crippen LogP contribution in [-0.2, 0) is 18.9 Å². The summed E-state index contributed by atoms with van der Waals surface area (Å²) in [7, 11) is 0. The van der Waals surface area contributed by atoms with Gasteiger partial charge in [0.25, 0.3) is 0 Å². The fourth-order valence-electron chi connectivity index (χ4n) is 22.0. The number of fused-ring (bicyclic) bond motifs is 8. The van der Waals surface area contributed by atoms with Gasteiger partial charge in [-0.2, -0.15) is 0 Å². The summed E-state index contributed by atoms with van der Waals surface area (Å²) >= 11 is 6.84. The summed E-state index contributed by atoms with van der Waals surface area (Å²) in [6.45, 7) is 7.38. The average molecular weight is 1870 g/mol. The maximum absolute atomic E-state index is 11.1. The third-order valence-corrected chi connectivity index (χ3v) is 30.4. The Hall–Kier alpha value is -11.3. The van der Waals surface area contributed by atoms with Crippen molar-refractivity contribution in [1.29, 1.82) is 0 Å². The van der Waals surface area contributed by atoms with Crippen LogP contribution < -0.4 is 22.9 Å². The van der Waals surface area contributed by atoms with Gasteiger partial charge in [-0.1, -0.05) is 48.5 Å². The Balaban J connectivity index is 0.000000104. The molecule has 4 spiro atoms. The molecule has 4 saturated heterocycles. The second-order valence-corrected chi connectivity index (χ2v) is 38.4. The van der Waals surface area contributed by atoms with Gasteiger partial charge in [0.2, 0.25) is 0 Å². The summed E-state index contributed by atoms with van der Waals surface area (Å²) in [4.78, 5) is 48.3. The molecule has 662 valence electrons. The number of hydrogen-bond donors (Lipinski definition) is 12. The largest absolute Gasteiger partial charge is 0.390 e. The molecule has 20 atom stereocenters. The number of rotatable bonds is 8. The Morgan fingerprint density at radius 3 is 0.969 bits per heavy atom. The molecule has 16 aromatic rings. The Morgan fingerprint density at radius 2 is 0.628 bits per heavy atom. The van der Waals surface area contributed by atoms with E-state index in [9.17, 15) is 40.9 Å². The molecule has 16 heterocycles. The van der Waals surface area contributed by atoms with Crippen LogP contribution in [0.3, 0.4) is 0 Å². The monoisotopic (exact) mass is 1870 g/mol. The fourth-order valence-corrected chi connectivity index (χ4v) is 22.7. The van der Waals surface area contributed by atoms with E-state index in [1.54, 1.807) is 18.3 Å². The van der Waals surface area contributed by atoms with Crippen molar-refractivity contribution in [3.05, 3.63) is 244 Å². The summed E-state index contributed by atoms with van der Waals surface area (Å²) in [5, 5.41) is 96.4. The SMILES string of the molecule is Cc1ncnc2c1ccn2C1CC2(COC(c3ccc4cc(Br)c(N)nc4c3)C2)C(O)C1O.Cc1ncnc2c1ccn2C1CC2(COC(c3ccc4cc(Br)c(N)nc4c3)C2)C(O)C1O.Cc1ncnc2c1ccn2C1CC2(COC(c3ccc4ccc(N)nc4c3)C2)C(O)C1O.Nc1ccc2ccc(C3CC4(CO3)CC(n3ccc5cccnc53)C(O)C4O)cc2n1. The van der Waals surface area contributed by atoms with Crippen LogP contribution in [-0.4, -0.2) is 189 Å². The lowest BCUT2D eigenvalue weighted by molar-refractivity contribution is -0.0309. The van der Waals surface area contributed by atoms with Gasteiger partial charge in [0.1, 0.15) is 89.3 Å². The van der Waals surface area contributed by atoms with Gasteiger partial charge in [-0.3, -0.25) is 0 Å². The van der Waals surface area contributed by atoms with E-state index in [1.165, 1.54) is 19.0 Å². The van der Waals surface area contributed by atoms with Crippen LogP contribution in [0.2, 0.25) is 0 Å². The first-order valence-electron chi connectivity index (χ1n) is 43.4. The first kappa shape index (κ1) is 84.6. The number of aliphatic hydroxyl groups is 8. The van der Waals surface area contributed by atoms with Crippen molar-refractivity contribution in [2.24, 2.45) is 21.7 Å². The molecular weight excluding hydrogens is 1770 g/mol. The lowest BCUT2D eigenvalue weighted by Gasteiger charge is -2.26. The zero-order valence-electron chi connectivity index (χ0n) is 70.7. The third kappa shape index (κ3) is 14.7. The highest BCUT2D eigenvalue weighted by Gasteiger charge is 2.62. The lowest BCUT2D eigenvalue weighted by Crippen LogP contribution is -2.37. The van der Waals surface area contributed by atoms with Crippen molar-refractivity contribution < 1.29 is 59.8 Å². The normalized spacial score (nSPS) is 30.0. The van der Waals surface area contributed by atoms with Gasteiger partial charge >= 0.3 is 0 Å². The molecule has 4 aliphatic carbocycles. The molecule has 8 fully saturated rings. The second kappa shape index (κ2) is 32.7. The van der Waals surface area contributed by atoms with Gasteiger partial charge in [-0.15, -0.1) is 0 Å². The maximum atomic E-state index is 11.1. The molecule has 0 amide bonds. The van der Waals surface area contributed by atoms with Crippen LogP contribution in [0.15, 0.2) is 205 Å². The third-order valence-electron chi connectivity index (χ3n) is 29.1. The van der Waals surface area contributed by atoms with Crippen LogP contribution in [0.4, 0.5) is 23.3 Å². The molecule has 4 aliphatic heterocycles. The molecule has 20 unspecified atom stereocenters. The number of nitrogens with zero attached hydrogens (tertiary/aromatic N) is 15. The minimum absolute atomic E-state index is 0.159. The van der Waals surface area contributed by atoms with Crippen LogP contribution in [0.1, 0.15) is 139 Å². The Bertz CT molecular complexity index is 6850. The van der Waals surface area contributed by atoms with Gasteiger partial charge in [0, 0.05) is 95.7 Å². The molecule has 0 radical (unpaired) electrons. The molecule has 0 bridgehead atoms. The molecule has 16 N–H and O–H groups in total. The van der Waals surface area contributed by atoms with Crippen molar-refractivity contribution in [3.63, 3.8) is 0 Å². The number of halogens is 2. The van der Waals surface area contributed by atoms with Crippen molar-refractivity contribution in [2.75, 3.05) is 49.4 Å². The number of nitrogen functional groups attached to an aromatic ring is 4. The van der Waals surface area contributed by atoms with E-state index in [4.69, 9.17) is 41.9 Å². The van der Waals surface area contributed by atoms with E-state index in [-0.39, 0.29) is 48.6 Å². The Morgan fingerprint density at radius 1 is 0.326 bits per heavy atom. The molecular formula is C96H97Br2N19O12. The standard InChI is InChI=1S/2C24H24BrN5O3.C24H25N5O3.C24H24N4O3/c2*1-12-15-4-5-30(23(15)28-11-27-12)18-8-24(21(32)20(18)31)9-19(33-10-24)14-3-2-13-6-16(25)22(26)29-17(13)7-14;1-13-16-6-7-29(23(16)27-12-26-13)18-9-24(22(31)21(18)30)10-19(32-11-24)15-3-2-14-4-5-20(25)28-17(14)8-15;25-20-6-5-14-3-4-16(10-17(14)27-20)19-12-24(13-31-19)11-18(21(29)22(24)30)28-9-7-15-2-1-8-26-23(15)28/h2*2-7,11,18-21,31-32H,8-10H2,1H3,(H2,26,29);2-8,12,18-19,21-22,30-31H,9-11H2,1H3,(H2,25,28);1-10,18-19,21-22,29-30H,11-13H2,(H2,25,27). The highest BCUT2D eigenvalue weighted by atomic mass is 79.9. The zero-order valence-corrected chi connectivity index (χ0v) is 73.9. The number of ether oxygens (including phenoxy) is 4. The summed E-state index contributed by atoms with van der Waals surface area (Å²) in [6.07, 6.45) is 11.2. The fraction of sp³-hybridized carbons (Fsp3) is 0.365. The van der Waals surface area contributed by atoms with E-state index in [1.807, 2.05) is 197 Å². The minimum Gasteiger partial charge on any atom is -0.390 e. The highest BCUT2D eigenvalue weighted by molar-refractivity contribution is 9.11. The number of aryl methyl sites for hydroxylation is 3. The van der Waals surface area contributed by atoms with E-state index in [2.05, 4.69) is 86.7 Å². The van der Waals surface area contributed by atoms with Crippen LogP contribution in [0.5, 0.6) is 0 Å². The zero-order chi connectivity index (χ0) is 89.0. The summed E-state index contributed by atoms with van der Waals surface area (Å²) in [5.41, 5.74) is 34.6. The first-order valence-corrected chi connectivity index (χ1v) is 45.0. The molecule has 31 nitrogen and oxygen atoms in total. The number of nitrogens with two attached hydrogens (primary N) is 4. The molecule has 33 heteroatoms. The number of hydrogen-bond acceptors (Lipinski definition) is 27. The van der Waals surface area contributed by atoms with Gasteiger partial charge in [-0.05, 0) is 223 Å². The van der Waals surface area contributed by atoms with Gasteiger partial charge < -0.3 is 101 Å². The predicted octanol–water partition coefficient (Wildman–Crippen LogP) is 12.6. The topological polar surface area (TPSA) is 464 Å². The van der Waals surface area contributed by atoms with E-state index in [0.29, 0.717) is 101 Å². The summed E-state index contributed by atoms with van der Waals surface area (Å²) < 4.78 is 34.2. The number of anilines is 4. The Labute approximate surface area is 755 Å². The van der Waals surface area contributed by atoms with Gasteiger partial charge in [-0.25, -0.2) is 54.8 Å². The minimum atomic E-state index is -0.909. The highest BCUT2D eigenvalue weighted by Crippen LogP contribution is 2.60. The van der Waals surface area contributed by atoms with Crippen LogP contribution in [0.25, 0.3) is 87.7 Å². The number of benzene rings is 4. The van der Waals surface area contributed by atoms with Crippen molar-refractivity contribution >= 4 is 143 Å². The smallest absolute Gasteiger partial charge is 0.143 e. The quantitative estimate of drug-likeness (QED) is 0.0672. The first-order chi connectivity index (χ1) is 62.2. The number of aliphatic hydroxyl groups excluding tert-OH is 8. The van der Waals surface area contributed by atoms with Crippen molar-refractivity contribution in [1.82, 2.24) is 73.1 Å². The van der Waals surface area contributed by atoms with Crippen LogP contribution in [0, 0.1) is 42.4 Å². The maximum Gasteiger partial charge on any atom is 0.143 e. The van der Waals surface area contributed by atoms with Crippen molar-refractivity contribution in [2.45, 2.75) is 170 Å².